The quantitative estimate of drug-likeness (QED) is 0.773. The van der Waals surface area contributed by atoms with Gasteiger partial charge in [-0.25, -0.2) is 0 Å². The molecule has 0 radical (unpaired) electrons. The van der Waals surface area contributed by atoms with Crippen molar-refractivity contribution in [2.75, 3.05) is 17.2 Å². The molecule has 0 aromatic heterocycles. The highest BCUT2D eigenvalue weighted by molar-refractivity contribution is 5.72. The lowest BCUT2D eigenvalue weighted by Gasteiger charge is -2.29. The monoisotopic (exact) mass is 224 g/mol. The molecule has 1 heterocycles. The Bertz CT molecular complexity index is 520. The minimum absolute atomic E-state index is 0.352. The number of benzene rings is 2. The maximum absolute atomic E-state index is 3.59. The molecule has 2 aromatic carbocycles. The summed E-state index contributed by atoms with van der Waals surface area (Å²) in [7, 11) is 0. The van der Waals surface area contributed by atoms with Crippen molar-refractivity contribution in [3.05, 3.63) is 59.7 Å². The van der Waals surface area contributed by atoms with Gasteiger partial charge in [-0.05, 0) is 30.2 Å². The van der Waals surface area contributed by atoms with Crippen LogP contribution in [0.25, 0.3) is 0 Å². The van der Waals surface area contributed by atoms with Gasteiger partial charge in [0.2, 0.25) is 0 Å². The Morgan fingerprint density at radius 1 is 1.00 bits per heavy atom. The summed E-state index contributed by atoms with van der Waals surface area (Å²) in [6.45, 7) is 3.05. The number of rotatable bonds is 1. The van der Waals surface area contributed by atoms with Crippen LogP contribution in [0.15, 0.2) is 48.5 Å². The first-order valence-electron chi connectivity index (χ1n) is 5.99. The van der Waals surface area contributed by atoms with Crippen LogP contribution in [0.1, 0.15) is 17.2 Å². The molecule has 17 heavy (non-hydrogen) atoms. The predicted molar refractivity (Wildman–Crippen MR) is 72.5 cm³/mol. The molecule has 0 saturated heterocycles. The zero-order chi connectivity index (χ0) is 11.7. The topological polar surface area (TPSA) is 24.1 Å². The molecule has 3 rings (SSSR count). The van der Waals surface area contributed by atoms with Crippen LogP contribution in [-0.2, 0) is 0 Å². The second kappa shape index (κ2) is 4.13. The minimum atomic E-state index is 0.352. The second-order valence-corrected chi connectivity index (χ2v) is 4.54. The molecule has 2 N–H and O–H groups in total. The van der Waals surface area contributed by atoms with E-state index in [2.05, 4.69) is 66.1 Å². The van der Waals surface area contributed by atoms with Crippen molar-refractivity contribution < 1.29 is 0 Å². The molecular formula is C15H16N2. The van der Waals surface area contributed by atoms with Gasteiger partial charge in [-0.1, -0.05) is 36.4 Å². The summed E-state index contributed by atoms with van der Waals surface area (Å²) >= 11 is 0. The summed E-state index contributed by atoms with van der Waals surface area (Å²) in [5.74, 6) is 0. The lowest BCUT2D eigenvalue weighted by Crippen LogP contribution is -2.25. The van der Waals surface area contributed by atoms with E-state index in [1.54, 1.807) is 0 Å². The first-order chi connectivity index (χ1) is 8.33. The first kappa shape index (κ1) is 10.2. The fourth-order valence-electron chi connectivity index (χ4n) is 2.27. The van der Waals surface area contributed by atoms with Crippen molar-refractivity contribution in [3.8, 4) is 0 Å². The zero-order valence-corrected chi connectivity index (χ0v) is 9.90. The Hall–Kier alpha value is -1.96. The van der Waals surface area contributed by atoms with E-state index >= 15 is 0 Å². The third kappa shape index (κ3) is 1.98. The molecule has 1 unspecified atom stereocenters. The largest absolute Gasteiger partial charge is 0.381 e. The molecule has 1 aliphatic rings. The third-order valence-corrected chi connectivity index (χ3v) is 3.20. The smallest absolute Gasteiger partial charge is 0.0687 e. The molecule has 0 saturated carbocycles. The molecule has 1 aliphatic heterocycles. The van der Waals surface area contributed by atoms with Gasteiger partial charge in [0.15, 0.2) is 0 Å². The number of fused-ring (bicyclic) bond motifs is 1. The normalized spacial score (nSPS) is 17.8. The van der Waals surface area contributed by atoms with Gasteiger partial charge < -0.3 is 10.6 Å². The molecule has 0 aliphatic carbocycles. The van der Waals surface area contributed by atoms with E-state index < -0.39 is 0 Å². The first-order valence-corrected chi connectivity index (χ1v) is 5.99. The van der Waals surface area contributed by atoms with Crippen molar-refractivity contribution in [2.45, 2.75) is 13.0 Å². The van der Waals surface area contributed by atoms with Crippen LogP contribution in [0.2, 0.25) is 0 Å². The summed E-state index contributed by atoms with van der Waals surface area (Å²) in [5, 5.41) is 7.07. The van der Waals surface area contributed by atoms with Crippen LogP contribution in [0, 0.1) is 6.92 Å². The minimum Gasteiger partial charge on any atom is -0.381 e. The summed E-state index contributed by atoms with van der Waals surface area (Å²) in [4.78, 5) is 0. The van der Waals surface area contributed by atoms with Gasteiger partial charge in [-0.2, -0.15) is 0 Å². The third-order valence-electron chi connectivity index (χ3n) is 3.20. The Balaban J connectivity index is 1.90. The van der Waals surface area contributed by atoms with E-state index in [0.29, 0.717) is 6.04 Å². The van der Waals surface area contributed by atoms with E-state index in [0.717, 1.165) is 6.54 Å². The van der Waals surface area contributed by atoms with E-state index in [9.17, 15) is 0 Å². The fourth-order valence-corrected chi connectivity index (χ4v) is 2.27. The van der Waals surface area contributed by atoms with E-state index in [4.69, 9.17) is 0 Å². The predicted octanol–water partition coefficient (Wildman–Crippen LogP) is 3.57. The van der Waals surface area contributed by atoms with Gasteiger partial charge in [0.05, 0.1) is 17.4 Å². The lowest BCUT2D eigenvalue weighted by atomic mass is 10.0. The zero-order valence-electron chi connectivity index (χ0n) is 9.90. The molecule has 86 valence electrons. The van der Waals surface area contributed by atoms with Gasteiger partial charge in [-0.15, -0.1) is 0 Å². The Labute approximate surface area is 102 Å². The molecule has 0 bridgehead atoms. The maximum atomic E-state index is 3.59. The highest BCUT2D eigenvalue weighted by Crippen LogP contribution is 2.31. The molecule has 0 amide bonds. The van der Waals surface area contributed by atoms with Crippen LogP contribution in [0.5, 0.6) is 0 Å². The fraction of sp³-hybridized carbons (Fsp3) is 0.200. The standard InChI is InChI=1S/C15H16N2/c1-11-7-8-13-14(9-11)17-15(10-16-13)12-5-3-2-4-6-12/h2-9,15-17H,10H2,1H3. The van der Waals surface area contributed by atoms with Crippen molar-refractivity contribution >= 4 is 11.4 Å². The van der Waals surface area contributed by atoms with Crippen molar-refractivity contribution in [1.29, 1.82) is 0 Å². The van der Waals surface area contributed by atoms with E-state index in [1.807, 2.05) is 0 Å². The summed E-state index contributed by atoms with van der Waals surface area (Å²) in [6, 6.07) is 17.4. The molecule has 1 atom stereocenters. The average molecular weight is 224 g/mol. The molecule has 0 spiro atoms. The summed E-state index contributed by atoms with van der Waals surface area (Å²) in [6.07, 6.45) is 0. The van der Waals surface area contributed by atoms with Crippen LogP contribution in [0.4, 0.5) is 11.4 Å². The highest BCUT2D eigenvalue weighted by atomic mass is 15.1. The number of anilines is 2. The van der Waals surface area contributed by atoms with Crippen LogP contribution >= 0.6 is 0 Å². The molecule has 0 fully saturated rings. The van der Waals surface area contributed by atoms with Crippen LogP contribution in [0.3, 0.4) is 0 Å². The number of nitrogens with one attached hydrogen (secondary N) is 2. The average Bonchev–Trinajstić information content (AvgIpc) is 2.39. The van der Waals surface area contributed by atoms with Crippen LogP contribution < -0.4 is 10.6 Å². The van der Waals surface area contributed by atoms with Crippen molar-refractivity contribution in [2.24, 2.45) is 0 Å². The number of hydrogen-bond donors (Lipinski definition) is 2. The summed E-state index contributed by atoms with van der Waals surface area (Å²) < 4.78 is 0. The molecule has 2 nitrogen and oxygen atoms in total. The Morgan fingerprint density at radius 2 is 1.82 bits per heavy atom. The molecule has 2 aromatic rings. The Kier molecular flexibility index (Phi) is 2.48. The van der Waals surface area contributed by atoms with E-state index in [-0.39, 0.29) is 0 Å². The number of hydrogen-bond acceptors (Lipinski definition) is 2. The molecule has 2 heteroatoms. The van der Waals surface area contributed by atoms with Gasteiger partial charge in [0.25, 0.3) is 0 Å². The van der Waals surface area contributed by atoms with Crippen LogP contribution in [-0.4, -0.2) is 6.54 Å². The second-order valence-electron chi connectivity index (χ2n) is 4.54. The van der Waals surface area contributed by atoms with Gasteiger partial charge in [0, 0.05) is 6.54 Å². The Morgan fingerprint density at radius 3 is 2.65 bits per heavy atom. The van der Waals surface area contributed by atoms with Crippen molar-refractivity contribution in [3.63, 3.8) is 0 Å². The number of aryl methyl sites for hydroxylation is 1. The molecular weight excluding hydrogens is 208 g/mol. The highest BCUT2D eigenvalue weighted by Gasteiger charge is 2.17. The van der Waals surface area contributed by atoms with Gasteiger partial charge >= 0.3 is 0 Å². The van der Waals surface area contributed by atoms with Gasteiger partial charge in [0.1, 0.15) is 0 Å². The SMILES string of the molecule is Cc1ccc2c(c1)NC(c1ccccc1)CN2. The summed E-state index contributed by atoms with van der Waals surface area (Å²) in [5.41, 5.74) is 5.01. The maximum Gasteiger partial charge on any atom is 0.0687 e. The van der Waals surface area contributed by atoms with Crippen molar-refractivity contribution in [1.82, 2.24) is 0 Å². The van der Waals surface area contributed by atoms with E-state index in [1.165, 1.54) is 22.5 Å². The van der Waals surface area contributed by atoms with Gasteiger partial charge in [-0.3, -0.25) is 0 Å². The lowest BCUT2D eigenvalue weighted by molar-refractivity contribution is 0.803.